The van der Waals surface area contributed by atoms with Gasteiger partial charge in [0.1, 0.15) is 0 Å². The summed E-state index contributed by atoms with van der Waals surface area (Å²) in [6, 6.07) is 5.02. The van der Waals surface area contributed by atoms with E-state index in [0.29, 0.717) is 5.95 Å². The third-order valence-electron chi connectivity index (χ3n) is 1.83. The van der Waals surface area contributed by atoms with Crippen molar-refractivity contribution in [1.29, 1.82) is 0 Å². The summed E-state index contributed by atoms with van der Waals surface area (Å²) in [6.45, 7) is 3.35. The zero-order valence-electron chi connectivity index (χ0n) is 10.0. The van der Waals surface area contributed by atoms with Gasteiger partial charge in [-0.3, -0.25) is 0 Å². The van der Waals surface area contributed by atoms with Crippen LogP contribution in [0.4, 0.5) is 0 Å². The molecule has 0 saturated carbocycles. The van der Waals surface area contributed by atoms with Crippen molar-refractivity contribution in [3.8, 4) is 0 Å². The van der Waals surface area contributed by atoms with Gasteiger partial charge in [0.05, 0.1) is 25.3 Å². The molecule has 1 aromatic rings. The van der Waals surface area contributed by atoms with Crippen LogP contribution in [0.3, 0.4) is 0 Å². The first-order valence-electron chi connectivity index (χ1n) is 4.76. The summed E-state index contributed by atoms with van der Waals surface area (Å²) in [5.41, 5.74) is 0.167. The molecule has 0 spiro atoms. The topological polar surface area (TPSA) is 93.1 Å². The summed E-state index contributed by atoms with van der Waals surface area (Å²) in [4.78, 5) is 20.7. The molecule has 1 aromatic carbocycles. The first-order chi connectivity index (χ1) is 8.42. The first-order valence-corrected chi connectivity index (χ1v) is 4.76. The molecule has 0 unspecified atom stereocenters. The molecule has 0 aliphatic rings. The molecule has 98 valence electrons. The Morgan fingerprint density at radius 3 is 1.33 bits per heavy atom. The van der Waals surface area contributed by atoms with Crippen LogP contribution in [0.2, 0.25) is 0 Å². The van der Waals surface area contributed by atoms with Crippen LogP contribution in [0.1, 0.15) is 20.7 Å². The molecule has 6 heteroatoms. The SMILES string of the molecule is C=C(OC)OC.O=C(O)c1ccc(C(=O)O)cc1. The van der Waals surface area contributed by atoms with Crippen LogP contribution in [-0.4, -0.2) is 36.4 Å². The van der Waals surface area contributed by atoms with E-state index >= 15 is 0 Å². The van der Waals surface area contributed by atoms with Gasteiger partial charge in [0.15, 0.2) is 0 Å². The number of methoxy groups -OCH3 is 2. The quantitative estimate of drug-likeness (QED) is 0.796. The Labute approximate surface area is 104 Å². The molecule has 18 heavy (non-hydrogen) atoms. The van der Waals surface area contributed by atoms with Crippen LogP contribution in [0.15, 0.2) is 36.8 Å². The van der Waals surface area contributed by atoms with Crippen LogP contribution >= 0.6 is 0 Å². The minimum atomic E-state index is -1.06. The van der Waals surface area contributed by atoms with Gasteiger partial charge in [0.25, 0.3) is 5.95 Å². The summed E-state index contributed by atoms with van der Waals surface area (Å²) in [6.07, 6.45) is 0. The number of benzene rings is 1. The Balaban J connectivity index is 0.000000411. The normalized spacial score (nSPS) is 8.56. The van der Waals surface area contributed by atoms with Crippen molar-refractivity contribution in [2.45, 2.75) is 0 Å². The number of hydrogen-bond donors (Lipinski definition) is 2. The highest BCUT2D eigenvalue weighted by Crippen LogP contribution is 2.03. The monoisotopic (exact) mass is 254 g/mol. The van der Waals surface area contributed by atoms with E-state index in [1.807, 2.05) is 0 Å². The van der Waals surface area contributed by atoms with Crippen LogP contribution in [0.5, 0.6) is 0 Å². The van der Waals surface area contributed by atoms with Gasteiger partial charge in [-0.05, 0) is 30.8 Å². The van der Waals surface area contributed by atoms with E-state index < -0.39 is 11.9 Å². The van der Waals surface area contributed by atoms with Crippen molar-refractivity contribution in [2.75, 3.05) is 14.2 Å². The fourth-order valence-corrected chi connectivity index (χ4v) is 0.839. The number of rotatable bonds is 4. The Bertz CT molecular complexity index is 382. The second kappa shape index (κ2) is 7.72. The summed E-state index contributed by atoms with van der Waals surface area (Å²) >= 11 is 0. The lowest BCUT2D eigenvalue weighted by Crippen LogP contribution is -1.99. The lowest BCUT2D eigenvalue weighted by atomic mass is 10.1. The maximum atomic E-state index is 10.3. The van der Waals surface area contributed by atoms with Crippen molar-refractivity contribution in [3.05, 3.63) is 47.9 Å². The number of ether oxygens (including phenoxy) is 2. The number of carboxylic acid groups (broad SMARTS) is 2. The minimum absolute atomic E-state index is 0.0833. The lowest BCUT2D eigenvalue weighted by Gasteiger charge is -1.97. The number of aromatic carboxylic acids is 2. The zero-order valence-corrected chi connectivity index (χ0v) is 10.0. The van der Waals surface area contributed by atoms with E-state index in [0.717, 1.165) is 0 Å². The van der Waals surface area contributed by atoms with Crippen LogP contribution in [-0.2, 0) is 9.47 Å². The molecule has 0 aromatic heterocycles. The predicted octanol–water partition coefficient (Wildman–Crippen LogP) is 1.83. The van der Waals surface area contributed by atoms with Crippen LogP contribution < -0.4 is 0 Å². The molecule has 0 aliphatic heterocycles. The second-order valence-corrected chi connectivity index (χ2v) is 2.97. The van der Waals surface area contributed by atoms with Gasteiger partial charge < -0.3 is 19.7 Å². The Hall–Kier alpha value is -2.50. The molecule has 0 amide bonds. The molecule has 0 atom stereocenters. The van der Waals surface area contributed by atoms with Gasteiger partial charge in [-0.1, -0.05) is 0 Å². The second-order valence-electron chi connectivity index (χ2n) is 2.97. The fourth-order valence-electron chi connectivity index (χ4n) is 0.839. The van der Waals surface area contributed by atoms with Crippen LogP contribution in [0.25, 0.3) is 0 Å². The maximum Gasteiger partial charge on any atom is 0.335 e. The van der Waals surface area contributed by atoms with Crippen molar-refractivity contribution in [2.24, 2.45) is 0 Å². The Morgan fingerprint density at radius 1 is 0.944 bits per heavy atom. The molecule has 2 N–H and O–H groups in total. The standard InChI is InChI=1S/C8H6O4.C4H8O2/c9-7(10)5-1-2-6(4-3-5)8(11)12;1-4(5-2)6-3/h1-4H,(H,9,10)(H,11,12);1H2,2-3H3. The van der Waals surface area contributed by atoms with Gasteiger partial charge in [-0.15, -0.1) is 0 Å². The molecular formula is C12H14O6. The largest absolute Gasteiger partial charge is 0.478 e. The van der Waals surface area contributed by atoms with Crippen molar-refractivity contribution in [1.82, 2.24) is 0 Å². The molecule has 6 nitrogen and oxygen atoms in total. The predicted molar refractivity (Wildman–Crippen MR) is 63.5 cm³/mol. The highest BCUT2D eigenvalue weighted by molar-refractivity contribution is 5.91. The summed E-state index contributed by atoms with van der Waals surface area (Å²) in [5, 5.41) is 16.9. The van der Waals surface area contributed by atoms with Gasteiger partial charge >= 0.3 is 11.9 Å². The lowest BCUT2D eigenvalue weighted by molar-refractivity contribution is 0.0681. The maximum absolute atomic E-state index is 10.3. The van der Waals surface area contributed by atoms with E-state index in [2.05, 4.69) is 16.1 Å². The zero-order chi connectivity index (χ0) is 14.1. The Morgan fingerprint density at radius 2 is 1.22 bits per heavy atom. The van der Waals surface area contributed by atoms with Gasteiger partial charge in [-0.25, -0.2) is 9.59 Å². The molecule has 0 saturated heterocycles. The first kappa shape index (κ1) is 15.5. The van der Waals surface area contributed by atoms with Crippen molar-refractivity contribution < 1.29 is 29.3 Å². The van der Waals surface area contributed by atoms with Crippen molar-refractivity contribution in [3.63, 3.8) is 0 Å². The average Bonchev–Trinajstić information content (AvgIpc) is 2.38. The highest BCUT2D eigenvalue weighted by atomic mass is 16.7. The van der Waals surface area contributed by atoms with Gasteiger partial charge in [0.2, 0.25) is 0 Å². The smallest absolute Gasteiger partial charge is 0.335 e. The van der Waals surface area contributed by atoms with Gasteiger partial charge in [0, 0.05) is 0 Å². The third-order valence-corrected chi connectivity index (χ3v) is 1.83. The molecule has 0 bridgehead atoms. The molecular weight excluding hydrogens is 240 g/mol. The highest BCUT2D eigenvalue weighted by Gasteiger charge is 2.04. The number of hydrogen-bond acceptors (Lipinski definition) is 4. The van der Waals surface area contributed by atoms with E-state index in [4.69, 9.17) is 10.2 Å². The number of carbonyl (C=O) groups is 2. The molecule has 0 aliphatic carbocycles. The van der Waals surface area contributed by atoms with E-state index in [1.165, 1.54) is 38.5 Å². The van der Waals surface area contributed by atoms with Crippen LogP contribution in [0, 0.1) is 0 Å². The molecule has 0 fully saturated rings. The van der Waals surface area contributed by atoms with E-state index in [9.17, 15) is 9.59 Å². The summed E-state index contributed by atoms with van der Waals surface area (Å²) in [5.74, 6) is -1.78. The molecule has 0 radical (unpaired) electrons. The average molecular weight is 254 g/mol. The van der Waals surface area contributed by atoms with Crippen molar-refractivity contribution >= 4 is 11.9 Å². The minimum Gasteiger partial charge on any atom is -0.478 e. The fraction of sp³-hybridized carbons (Fsp3) is 0.167. The number of carboxylic acids is 2. The molecule has 0 heterocycles. The summed E-state index contributed by atoms with van der Waals surface area (Å²) in [7, 11) is 3.01. The van der Waals surface area contributed by atoms with Gasteiger partial charge in [-0.2, -0.15) is 0 Å². The van der Waals surface area contributed by atoms with E-state index in [-0.39, 0.29) is 11.1 Å². The summed E-state index contributed by atoms with van der Waals surface area (Å²) < 4.78 is 8.97. The Kier molecular flexibility index (Phi) is 6.65. The third kappa shape index (κ3) is 5.55. The van der Waals surface area contributed by atoms with E-state index in [1.54, 1.807) is 0 Å². The molecule has 1 rings (SSSR count).